The number of aliphatic carboxylic acids is 1. The second kappa shape index (κ2) is 8.03. The Kier molecular flexibility index (Phi) is 6.30. The average Bonchev–Trinajstić information content (AvgIpc) is 2.87. The van der Waals surface area contributed by atoms with Crippen LogP contribution in [0.1, 0.15) is 18.7 Å². The summed E-state index contributed by atoms with van der Waals surface area (Å²) in [6, 6.07) is -0.393. The highest BCUT2D eigenvalue weighted by Crippen LogP contribution is 1.92. The first-order valence-corrected chi connectivity index (χ1v) is 5.86. The number of carbonyl (C=O) groups excluding carboxylic acids is 1. The third-order valence-electron chi connectivity index (χ3n) is 2.33. The van der Waals surface area contributed by atoms with Gasteiger partial charge in [0.1, 0.15) is 12.2 Å². The first-order chi connectivity index (χ1) is 9.09. The molecule has 0 aliphatic heterocycles. The number of rotatable bonds is 8. The van der Waals surface area contributed by atoms with Gasteiger partial charge in [0.15, 0.2) is 6.10 Å². The van der Waals surface area contributed by atoms with Crippen molar-refractivity contribution in [1.29, 1.82) is 0 Å². The molecule has 0 aliphatic carbocycles. The molecular formula is C10H17N5O4. The summed E-state index contributed by atoms with van der Waals surface area (Å²) in [6.07, 6.45) is 1.33. The van der Waals surface area contributed by atoms with Crippen LogP contribution in [0.25, 0.3) is 0 Å². The summed E-state index contributed by atoms with van der Waals surface area (Å²) >= 11 is 0. The van der Waals surface area contributed by atoms with Crippen LogP contribution in [0.4, 0.5) is 4.79 Å². The number of nitrogens with zero attached hydrogens (tertiary/aromatic N) is 2. The zero-order valence-corrected chi connectivity index (χ0v) is 10.3. The van der Waals surface area contributed by atoms with Gasteiger partial charge in [-0.3, -0.25) is 5.10 Å². The summed E-state index contributed by atoms with van der Waals surface area (Å²) in [6.45, 7) is 0.565. The highest BCUT2D eigenvalue weighted by atomic mass is 16.4. The van der Waals surface area contributed by atoms with Crippen LogP contribution in [0.15, 0.2) is 6.33 Å². The Labute approximate surface area is 109 Å². The van der Waals surface area contributed by atoms with Crippen molar-refractivity contribution < 1.29 is 19.8 Å². The van der Waals surface area contributed by atoms with Crippen molar-refractivity contribution in [2.75, 3.05) is 13.1 Å². The Morgan fingerprint density at radius 3 is 2.74 bits per heavy atom. The van der Waals surface area contributed by atoms with E-state index >= 15 is 0 Å². The van der Waals surface area contributed by atoms with Gasteiger partial charge in [0.05, 0.1) is 0 Å². The Morgan fingerprint density at radius 1 is 1.37 bits per heavy atom. The van der Waals surface area contributed by atoms with E-state index < -0.39 is 18.1 Å². The van der Waals surface area contributed by atoms with Crippen LogP contribution in [0.2, 0.25) is 0 Å². The fourth-order valence-electron chi connectivity index (χ4n) is 1.32. The molecule has 19 heavy (non-hydrogen) atoms. The van der Waals surface area contributed by atoms with Crippen molar-refractivity contribution in [3.05, 3.63) is 12.2 Å². The molecule has 0 aromatic carbocycles. The number of aryl methyl sites for hydroxylation is 1. The smallest absolute Gasteiger partial charge is 0.332 e. The Bertz CT molecular complexity index is 395. The lowest BCUT2D eigenvalue weighted by molar-refractivity contribution is -0.146. The van der Waals surface area contributed by atoms with Crippen molar-refractivity contribution in [1.82, 2.24) is 25.8 Å². The van der Waals surface area contributed by atoms with Crippen LogP contribution in [-0.2, 0) is 11.2 Å². The van der Waals surface area contributed by atoms with Crippen LogP contribution in [-0.4, -0.2) is 56.6 Å². The summed E-state index contributed by atoms with van der Waals surface area (Å²) in [5.41, 5.74) is 0. The fraction of sp³-hybridized carbons (Fsp3) is 0.600. The normalized spacial score (nSPS) is 11.8. The standard InChI is InChI=1S/C10H17N5O4/c16-7(9(17)18)3-5-12-10(19)11-4-1-2-8-13-6-14-15-8/h6-7,16H,1-5H2,(H,17,18)(H2,11,12,19)(H,13,14,15). The number of carboxylic acid groups (broad SMARTS) is 1. The first-order valence-electron chi connectivity index (χ1n) is 5.86. The highest BCUT2D eigenvalue weighted by Gasteiger charge is 2.12. The van der Waals surface area contributed by atoms with E-state index in [0.29, 0.717) is 19.4 Å². The van der Waals surface area contributed by atoms with E-state index in [0.717, 1.165) is 5.82 Å². The van der Waals surface area contributed by atoms with Gasteiger partial charge in [-0.05, 0) is 6.42 Å². The van der Waals surface area contributed by atoms with Crippen molar-refractivity contribution in [2.24, 2.45) is 0 Å². The van der Waals surface area contributed by atoms with E-state index in [9.17, 15) is 9.59 Å². The highest BCUT2D eigenvalue weighted by molar-refractivity contribution is 5.74. The number of hydrogen-bond acceptors (Lipinski definition) is 5. The number of aliphatic hydroxyl groups is 1. The molecule has 0 spiro atoms. The number of nitrogens with one attached hydrogen (secondary N) is 3. The molecule has 106 valence electrons. The largest absolute Gasteiger partial charge is 0.479 e. The number of H-pyrrole nitrogens is 1. The van der Waals surface area contributed by atoms with Gasteiger partial charge in [0.25, 0.3) is 0 Å². The predicted molar refractivity (Wildman–Crippen MR) is 64.4 cm³/mol. The van der Waals surface area contributed by atoms with Gasteiger partial charge in [0, 0.05) is 25.9 Å². The number of carboxylic acids is 1. The molecule has 1 aromatic rings. The lowest BCUT2D eigenvalue weighted by Gasteiger charge is -2.08. The maximum Gasteiger partial charge on any atom is 0.332 e. The number of amides is 2. The fourth-order valence-corrected chi connectivity index (χ4v) is 1.32. The molecule has 0 radical (unpaired) electrons. The van der Waals surface area contributed by atoms with E-state index in [2.05, 4.69) is 25.8 Å². The topological polar surface area (TPSA) is 140 Å². The molecule has 1 atom stereocenters. The van der Waals surface area contributed by atoms with Crippen LogP contribution < -0.4 is 10.6 Å². The third kappa shape index (κ3) is 6.36. The van der Waals surface area contributed by atoms with Crippen molar-refractivity contribution in [3.8, 4) is 0 Å². The molecule has 2 amide bonds. The molecule has 1 rings (SSSR count). The number of carbonyl (C=O) groups is 2. The molecule has 5 N–H and O–H groups in total. The zero-order valence-electron chi connectivity index (χ0n) is 10.3. The van der Waals surface area contributed by atoms with Gasteiger partial charge in [-0.15, -0.1) is 0 Å². The van der Waals surface area contributed by atoms with E-state index in [1.54, 1.807) is 0 Å². The molecule has 1 unspecified atom stereocenters. The van der Waals surface area contributed by atoms with E-state index in [-0.39, 0.29) is 13.0 Å². The van der Waals surface area contributed by atoms with Gasteiger partial charge in [-0.2, -0.15) is 5.10 Å². The Hall–Kier alpha value is -2.16. The van der Waals surface area contributed by atoms with Crippen molar-refractivity contribution in [2.45, 2.75) is 25.4 Å². The summed E-state index contributed by atoms with van der Waals surface area (Å²) < 4.78 is 0. The Balaban J connectivity index is 2.00. The minimum Gasteiger partial charge on any atom is -0.479 e. The molecule has 0 bridgehead atoms. The molecule has 0 saturated heterocycles. The molecule has 0 fully saturated rings. The number of aromatic nitrogens is 3. The van der Waals surface area contributed by atoms with Crippen LogP contribution in [0.5, 0.6) is 0 Å². The molecule has 0 aliphatic rings. The molecule has 9 heteroatoms. The molecule has 9 nitrogen and oxygen atoms in total. The van der Waals surface area contributed by atoms with Gasteiger partial charge in [-0.1, -0.05) is 0 Å². The average molecular weight is 271 g/mol. The number of aliphatic hydroxyl groups excluding tert-OH is 1. The second-order valence-corrected chi connectivity index (χ2v) is 3.86. The summed E-state index contributed by atoms with van der Waals surface area (Å²) in [5, 5.41) is 28.9. The SMILES string of the molecule is O=C(NCCCc1ncn[nH]1)NCCC(O)C(=O)O. The summed E-state index contributed by atoms with van der Waals surface area (Å²) in [4.78, 5) is 25.5. The van der Waals surface area contributed by atoms with E-state index in [1.807, 2.05) is 0 Å². The van der Waals surface area contributed by atoms with Crippen LogP contribution in [0, 0.1) is 0 Å². The number of hydrogen-bond donors (Lipinski definition) is 5. The molecular weight excluding hydrogens is 254 g/mol. The third-order valence-corrected chi connectivity index (χ3v) is 2.33. The molecule has 0 saturated carbocycles. The number of aromatic amines is 1. The minimum atomic E-state index is -1.45. The van der Waals surface area contributed by atoms with Gasteiger partial charge >= 0.3 is 12.0 Å². The maximum absolute atomic E-state index is 11.3. The lowest BCUT2D eigenvalue weighted by Crippen LogP contribution is -2.38. The maximum atomic E-state index is 11.3. The quantitative estimate of drug-likeness (QED) is 0.379. The van der Waals surface area contributed by atoms with Gasteiger partial charge in [0.2, 0.25) is 0 Å². The Morgan fingerprint density at radius 2 is 2.11 bits per heavy atom. The van der Waals surface area contributed by atoms with Crippen LogP contribution in [0.3, 0.4) is 0 Å². The van der Waals surface area contributed by atoms with Gasteiger partial charge in [-0.25, -0.2) is 14.6 Å². The van der Waals surface area contributed by atoms with Crippen LogP contribution >= 0.6 is 0 Å². The molecule has 1 heterocycles. The van der Waals surface area contributed by atoms with E-state index in [4.69, 9.17) is 10.2 Å². The molecule has 1 aromatic heterocycles. The van der Waals surface area contributed by atoms with Crippen molar-refractivity contribution >= 4 is 12.0 Å². The number of urea groups is 1. The summed E-state index contributed by atoms with van der Waals surface area (Å²) in [7, 11) is 0. The van der Waals surface area contributed by atoms with Gasteiger partial charge < -0.3 is 20.8 Å². The minimum absolute atomic E-state index is 0.0270. The monoisotopic (exact) mass is 271 g/mol. The zero-order chi connectivity index (χ0) is 14.1. The second-order valence-electron chi connectivity index (χ2n) is 3.86. The van der Waals surface area contributed by atoms with Crippen molar-refractivity contribution in [3.63, 3.8) is 0 Å². The first kappa shape index (κ1) is 14.9. The van der Waals surface area contributed by atoms with E-state index in [1.165, 1.54) is 6.33 Å². The predicted octanol–water partition coefficient (Wildman–Crippen LogP) is -1.13. The summed E-state index contributed by atoms with van der Waals surface area (Å²) in [5.74, 6) is -0.541. The lowest BCUT2D eigenvalue weighted by atomic mass is 10.2.